The third-order valence-corrected chi connectivity index (χ3v) is 14.6. The molecule has 10 aromatic rings. The summed E-state index contributed by atoms with van der Waals surface area (Å²) in [4.78, 5) is 2.44. The Balaban J connectivity index is 0.970. The highest BCUT2D eigenvalue weighted by molar-refractivity contribution is 6.06. The van der Waals surface area contributed by atoms with Gasteiger partial charge in [-0.1, -0.05) is 224 Å². The van der Waals surface area contributed by atoms with E-state index in [0.29, 0.717) is 5.92 Å². The first-order valence-corrected chi connectivity index (χ1v) is 23.2. The van der Waals surface area contributed by atoms with Crippen LogP contribution >= 0.6 is 0 Å². The first kappa shape index (κ1) is 38.2. The summed E-state index contributed by atoms with van der Waals surface area (Å²) in [6, 6.07) is 87.6. The standard InChI is InChI=1S/C65H45N/c1-3-18-44(19-4-1)45-34-36-47(37-35-45)64-52-25-8-7-20-46(52)38-41-58(64)57-29-12-16-33-63(57)66(50-22-5-2-6-23-50)51-24-17-21-48(42-51)49-39-40-56-55-28-11-15-32-61(55)65(62(56)43-49)59-30-13-9-26-53(59)54-27-10-14-31-60(54)65/h1-43,55,61H. The lowest BCUT2D eigenvalue weighted by Gasteiger charge is -2.36. The number of allylic oxidation sites excluding steroid dienone is 4. The second-order valence-electron chi connectivity index (χ2n) is 17.9. The predicted molar refractivity (Wildman–Crippen MR) is 277 cm³/mol. The van der Waals surface area contributed by atoms with Crippen molar-refractivity contribution in [1.82, 2.24) is 0 Å². The Morgan fingerprint density at radius 1 is 0.348 bits per heavy atom. The van der Waals surface area contributed by atoms with Crippen molar-refractivity contribution in [2.24, 2.45) is 5.92 Å². The summed E-state index contributed by atoms with van der Waals surface area (Å²) in [6.07, 6.45) is 9.41. The van der Waals surface area contributed by atoms with E-state index in [4.69, 9.17) is 0 Å². The van der Waals surface area contributed by atoms with Crippen molar-refractivity contribution in [3.63, 3.8) is 0 Å². The Bertz CT molecular complexity index is 3500. The first-order valence-electron chi connectivity index (χ1n) is 23.2. The molecule has 1 heteroatoms. The van der Waals surface area contributed by atoms with Crippen LogP contribution in [0.1, 0.15) is 28.2 Å². The highest BCUT2D eigenvalue weighted by Crippen LogP contribution is 2.65. The Morgan fingerprint density at radius 2 is 0.924 bits per heavy atom. The SMILES string of the molecule is C1=CC2c3ccc(-c4cccc(N(c5ccccc5)c5ccccc5-c5ccc6ccccc6c5-c5ccc(-c6ccccc6)cc5)c4)cc3C3(c4ccccc4-c4ccccc43)C2C=C1. The lowest BCUT2D eigenvalue weighted by atomic mass is 9.65. The predicted octanol–water partition coefficient (Wildman–Crippen LogP) is 17.1. The van der Waals surface area contributed by atoms with Gasteiger partial charge in [-0.3, -0.25) is 0 Å². The second kappa shape index (κ2) is 15.5. The van der Waals surface area contributed by atoms with Gasteiger partial charge in [0.05, 0.1) is 11.1 Å². The van der Waals surface area contributed by atoms with Crippen LogP contribution in [0.25, 0.3) is 66.4 Å². The summed E-state index contributed by atoms with van der Waals surface area (Å²) in [7, 11) is 0. The molecule has 0 aliphatic heterocycles. The number of anilines is 3. The minimum absolute atomic E-state index is 0.281. The molecule has 0 radical (unpaired) electrons. The van der Waals surface area contributed by atoms with Crippen molar-refractivity contribution in [2.75, 3.05) is 4.90 Å². The molecule has 1 spiro atoms. The Labute approximate surface area is 386 Å². The summed E-state index contributed by atoms with van der Waals surface area (Å²) in [5, 5.41) is 2.46. The summed E-state index contributed by atoms with van der Waals surface area (Å²) < 4.78 is 0. The molecule has 2 atom stereocenters. The highest BCUT2D eigenvalue weighted by atomic mass is 15.1. The third-order valence-electron chi connectivity index (χ3n) is 14.6. The van der Waals surface area contributed by atoms with Crippen LogP contribution in [-0.4, -0.2) is 0 Å². The zero-order chi connectivity index (χ0) is 43.6. The van der Waals surface area contributed by atoms with Crippen molar-refractivity contribution in [1.29, 1.82) is 0 Å². The fourth-order valence-electron chi connectivity index (χ4n) is 11.8. The summed E-state index contributed by atoms with van der Waals surface area (Å²) >= 11 is 0. The van der Waals surface area contributed by atoms with Crippen LogP contribution in [0.5, 0.6) is 0 Å². The van der Waals surface area contributed by atoms with Crippen molar-refractivity contribution in [3.05, 3.63) is 283 Å². The largest absolute Gasteiger partial charge is 0.310 e. The molecule has 0 aromatic heterocycles. The van der Waals surface area contributed by atoms with E-state index in [1.54, 1.807) is 0 Å². The van der Waals surface area contributed by atoms with Crippen LogP contribution in [-0.2, 0) is 5.41 Å². The topological polar surface area (TPSA) is 3.24 Å². The molecular weight excluding hydrogens is 795 g/mol. The van der Waals surface area contributed by atoms with Gasteiger partial charge in [0, 0.05) is 28.8 Å². The zero-order valence-corrected chi connectivity index (χ0v) is 36.4. The minimum Gasteiger partial charge on any atom is -0.310 e. The normalized spacial score (nSPS) is 15.9. The molecule has 0 bridgehead atoms. The van der Waals surface area contributed by atoms with Gasteiger partial charge in [-0.15, -0.1) is 0 Å². The van der Waals surface area contributed by atoms with Gasteiger partial charge in [-0.25, -0.2) is 0 Å². The Morgan fingerprint density at radius 3 is 1.71 bits per heavy atom. The van der Waals surface area contributed by atoms with Gasteiger partial charge in [0.1, 0.15) is 0 Å². The van der Waals surface area contributed by atoms with E-state index in [9.17, 15) is 0 Å². The van der Waals surface area contributed by atoms with Gasteiger partial charge in [0.15, 0.2) is 0 Å². The third kappa shape index (κ3) is 5.87. The molecule has 2 unspecified atom stereocenters. The fourth-order valence-corrected chi connectivity index (χ4v) is 11.8. The maximum Gasteiger partial charge on any atom is 0.0540 e. The molecule has 13 rings (SSSR count). The molecule has 0 N–H and O–H groups in total. The summed E-state index contributed by atoms with van der Waals surface area (Å²) in [6.45, 7) is 0. The molecule has 310 valence electrons. The van der Waals surface area contributed by atoms with Gasteiger partial charge in [0.2, 0.25) is 0 Å². The van der Waals surface area contributed by atoms with E-state index in [1.807, 2.05) is 0 Å². The van der Waals surface area contributed by atoms with Gasteiger partial charge in [-0.05, 0) is 119 Å². The fraction of sp³-hybridized carbons (Fsp3) is 0.0462. The van der Waals surface area contributed by atoms with E-state index < -0.39 is 0 Å². The molecule has 0 amide bonds. The lowest BCUT2D eigenvalue weighted by molar-refractivity contribution is 0.465. The van der Waals surface area contributed by atoms with Crippen LogP contribution in [0.4, 0.5) is 17.1 Å². The molecule has 0 saturated carbocycles. The molecular formula is C65H45N. The zero-order valence-electron chi connectivity index (χ0n) is 36.4. The van der Waals surface area contributed by atoms with Crippen LogP contribution < -0.4 is 4.90 Å². The maximum atomic E-state index is 2.53. The van der Waals surface area contributed by atoms with E-state index in [1.165, 1.54) is 88.7 Å². The van der Waals surface area contributed by atoms with Crippen LogP contribution in [0, 0.1) is 5.92 Å². The molecule has 3 aliphatic rings. The van der Waals surface area contributed by atoms with Crippen molar-refractivity contribution >= 4 is 27.8 Å². The average Bonchev–Trinajstić information content (AvgIpc) is 3.86. The number of hydrogen-bond donors (Lipinski definition) is 0. The van der Waals surface area contributed by atoms with Gasteiger partial charge in [0.25, 0.3) is 0 Å². The van der Waals surface area contributed by atoms with Gasteiger partial charge >= 0.3 is 0 Å². The van der Waals surface area contributed by atoms with E-state index >= 15 is 0 Å². The van der Waals surface area contributed by atoms with Crippen LogP contribution in [0.15, 0.2) is 261 Å². The lowest BCUT2D eigenvalue weighted by Crippen LogP contribution is -2.32. The van der Waals surface area contributed by atoms with E-state index in [2.05, 4.69) is 266 Å². The Kier molecular flexibility index (Phi) is 8.96. The number of para-hydroxylation sites is 2. The van der Waals surface area contributed by atoms with E-state index in [-0.39, 0.29) is 11.3 Å². The quantitative estimate of drug-likeness (QED) is 0.155. The molecule has 10 aromatic carbocycles. The second-order valence-corrected chi connectivity index (χ2v) is 17.9. The summed E-state index contributed by atoms with van der Waals surface area (Å²) in [5.41, 5.74) is 21.0. The molecule has 0 saturated heterocycles. The van der Waals surface area contributed by atoms with Crippen LogP contribution in [0.2, 0.25) is 0 Å². The minimum atomic E-state index is -0.281. The smallest absolute Gasteiger partial charge is 0.0540 e. The van der Waals surface area contributed by atoms with Crippen molar-refractivity contribution < 1.29 is 0 Å². The molecule has 0 heterocycles. The first-order chi connectivity index (χ1) is 32.8. The number of hydrogen-bond acceptors (Lipinski definition) is 1. The van der Waals surface area contributed by atoms with Crippen molar-refractivity contribution in [3.8, 4) is 55.6 Å². The van der Waals surface area contributed by atoms with Gasteiger partial charge < -0.3 is 4.90 Å². The number of nitrogens with zero attached hydrogens (tertiary/aromatic N) is 1. The molecule has 66 heavy (non-hydrogen) atoms. The number of fused-ring (bicyclic) bond motifs is 11. The Hall–Kier alpha value is -8.26. The number of benzene rings is 10. The molecule has 3 aliphatic carbocycles. The van der Waals surface area contributed by atoms with Crippen molar-refractivity contribution in [2.45, 2.75) is 11.3 Å². The monoisotopic (exact) mass is 839 g/mol. The van der Waals surface area contributed by atoms with Crippen LogP contribution in [0.3, 0.4) is 0 Å². The van der Waals surface area contributed by atoms with E-state index in [0.717, 1.165) is 17.1 Å². The molecule has 1 nitrogen and oxygen atoms in total. The average molecular weight is 840 g/mol. The molecule has 0 fully saturated rings. The highest BCUT2D eigenvalue weighted by Gasteiger charge is 2.57. The number of rotatable bonds is 7. The van der Waals surface area contributed by atoms with Gasteiger partial charge in [-0.2, -0.15) is 0 Å². The summed E-state index contributed by atoms with van der Waals surface area (Å²) in [5.74, 6) is 0.590. The maximum absolute atomic E-state index is 2.53.